The normalized spacial score (nSPS) is 11.0. The molecule has 0 saturated carbocycles. The third-order valence-electron chi connectivity index (χ3n) is 2.61. The molecule has 2 N–H and O–H groups in total. The predicted molar refractivity (Wildman–Crippen MR) is 78.5 cm³/mol. The van der Waals surface area contributed by atoms with Gasteiger partial charge in [-0.2, -0.15) is 5.26 Å². The van der Waals surface area contributed by atoms with Crippen LogP contribution in [0.2, 0.25) is 0 Å². The highest BCUT2D eigenvalue weighted by molar-refractivity contribution is 5.97. The number of benzene rings is 1. The fourth-order valence-corrected chi connectivity index (χ4v) is 1.48. The maximum atomic E-state index is 11.8. The van der Waals surface area contributed by atoms with Gasteiger partial charge in [-0.1, -0.05) is 30.3 Å². The van der Waals surface area contributed by atoms with Crippen LogP contribution in [0.15, 0.2) is 42.1 Å². The van der Waals surface area contributed by atoms with Crippen LogP contribution < -0.4 is 10.6 Å². The molecular formula is C15H20N4O. The number of hydrogen-bond acceptors (Lipinski definition) is 4. The zero-order valence-electron chi connectivity index (χ0n) is 11.9. The molecule has 0 aliphatic carbocycles. The van der Waals surface area contributed by atoms with Crippen LogP contribution in [-0.2, 0) is 11.3 Å². The van der Waals surface area contributed by atoms with Gasteiger partial charge >= 0.3 is 0 Å². The third-order valence-corrected chi connectivity index (χ3v) is 2.61. The quantitative estimate of drug-likeness (QED) is 0.439. The van der Waals surface area contributed by atoms with E-state index in [1.54, 1.807) is 0 Å². The highest BCUT2D eigenvalue weighted by Gasteiger charge is 2.07. The van der Waals surface area contributed by atoms with E-state index in [9.17, 15) is 4.79 Å². The fourth-order valence-electron chi connectivity index (χ4n) is 1.48. The number of carbonyl (C=O) groups is 1. The Morgan fingerprint density at radius 2 is 2.05 bits per heavy atom. The average molecular weight is 272 g/mol. The van der Waals surface area contributed by atoms with E-state index in [1.807, 2.05) is 55.4 Å². The average Bonchev–Trinajstić information content (AvgIpc) is 2.45. The summed E-state index contributed by atoms with van der Waals surface area (Å²) in [6, 6.07) is 11.5. The lowest BCUT2D eigenvalue weighted by atomic mass is 10.2. The molecule has 0 radical (unpaired) electrons. The second kappa shape index (κ2) is 8.73. The topological polar surface area (TPSA) is 68.2 Å². The number of rotatable bonds is 7. The molecule has 1 aromatic carbocycles. The van der Waals surface area contributed by atoms with Gasteiger partial charge < -0.3 is 15.5 Å². The molecule has 0 atom stereocenters. The molecule has 0 fully saturated rings. The van der Waals surface area contributed by atoms with Crippen molar-refractivity contribution < 1.29 is 4.79 Å². The Hall–Kier alpha value is -2.32. The van der Waals surface area contributed by atoms with Crippen molar-refractivity contribution in [3.05, 3.63) is 47.7 Å². The van der Waals surface area contributed by atoms with E-state index in [2.05, 4.69) is 10.6 Å². The number of nitriles is 1. The maximum absolute atomic E-state index is 11.8. The van der Waals surface area contributed by atoms with Crippen molar-refractivity contribution in [2.75, 3.05) is 27.2 Å². The number of nitrogens with one attached hydrogen (secondary N) is 2. The summed E-state index contributed by atoms with van der Waals surface area (Å²) in [5, 5.41) is 14.7. The summed E-state index contributed by atoms with van der Waals surface area (Å²) in [6.45, 7) is 1.93. The molecule has 5 heteroatoms. The molecule has 1 aromatic rings. The molecule has 1 amide bonds. The van der Waals surface area contributed by atoms with Crippen LogP contribution in [0, 0.1) is 11.3 Å². The fraction of sp³-hybridized carbons (Fsp3) is 0.333. The largest absolute Gasteiger partial charge is 0.388 e. The molecular weight excluding hydrogens is 252 g/mol. The number of hydrogen-bond donors (Lipinski definition) is 2. The Kier molecular flexibility index (Phi) is 6.87. The summed E-state index contributed by atoms with van der Waals surface area (Å²) in [5.74, 6) is -0.367. The number of amides is 1. The van der Waals surface area contributed by atoms with Gasteiger partial charge in [0.1, 0.15) is 11.6 Å². The summed E-state index contributed by atoms with van der Waals surface area (Å²) in [5.41, 5.74) is 1.08. The Bertz CT molecular complexity index is 488. The molecule has 5 nitrogen and oxygen atoms in total. The van der Waals surface area contributed by atoms with E-state index < -0.39 is 0 Å². The molecule has 0 aliphatic rings. The standard InChI is InChI=1S/C15H20N4O/c1-19(2)9-8-17-12-14(10-16)15(20)18-11-13-6-4-3-5-7-13/h3-7,12,17H,8-9,11H2,1-2H3,(H,18,20)/b14-12-. The smallest absolute Gasteiger partial charge is 0.263 e. The highest BCUT2D eigenvalue weighted by atomic mass is 16.1. The lowest BCUT2D eigenvalue weighted by molar-refractivity contribution is -0.117. The van der Waals surface area contributed by atoms with Crippen LogP contribution in [0.1, 0.15) is 5.56 Å². The van der Waals surface area contributed by atoms with E-state index in [4.69, 9.17) is 5.26 Å². The summed E-state index contributed by atoms with van der Waals surface area (Å²) < 4.78 is 0. The summed E-state index contributed by atoms with van der Waals surface area (Å²) in [4.78, 5) is 13.8. The van der Waals surface area contributed by atoms with E-state index in [1.165, 1.54) is 6.20 Å². The molecule has 0 unspecified atom stereocenters. The highest BCUT2D eigenvalue weighted by Crippen LogP contribution is 1.98. The summed E-state index contributed by atoms with van der Waals surface area (Å²) >= 11 is 0. The van der Waals surface area contributed by atoms with Crippen molar-refractivity contribution >= 4 is 5.91 Å². The molecule has 0 aliphatic heterocycles. The lowest BCUT2D eigenvalue weighted by Gasteiger charge is -2.09. The first-order chi connectivity index (χ1) is 9.63. The minimum atomic E-state index is -0.367. The minimum Gasteiger partial charge on any atom is -0.388 e. The van der Waals surface area contributed by atoms with Crippen LogP contribution in [-0.4, -0.2) is 38.0 Å². The Morgan fingerprint density at radius 3 is 2.65 bits per heavy atom. The lowest BCUT2D eigenvalue weighted by Crippen LogP contribution is -2.27. The van der Waals surface area contributed by atoms with E-state index in [-0.39, 0.29) is 11.5 Å². The molecule has 0 spiro atoms. The monoisotopic (exact) mass is 272 g/mol. The first-order valence-electron chi connectivity index (χ1n) is 6.44. The Labute approximate surface area is 119 Å². The van der Waals surface area contributed by atoms with Gasteiger partial charge in [0.25, 0.3) is 5.91 Å². The van der Waals surface area contributed by atoms with Crippen LogP contribution in [0.3, 0.4) is 0 Å². The zero-order valence-corrected chi connectivity index (χ0v) is 11.9. The van der Waals surface area contributed by atoms with Crippen molar-refractivity contribution in [3.8, 4) is 6.07 Å². The molecule has 0 saturated heterocycles. The van der Waals surface area contributed by atoms with E-state index in [0.717, 1.165) is 12.1 Å². The first-order valence-corrected chi connectivity index (χ1v) is 6.44. The Morgan fingerprint density at radius 1 is 1.35 bits per heavy atom. The van der Waals surface area contributed by atoms with Crippen LogP contribution >= 0.6 is 0 Å². The molecule has 0 heterocycles. The van der Waals surface area contributed by atoms with Crippen LogP contribution in [0.4, 0.5) is 0 Å². The predicted octanol–water partition coefficient (Wildman–Crippen LogP) is 0.861. The molecule has 1 rings (SSSR count). The van der Waals surface area contributed by atoms with Gasteiger partial charge in [0.15, 0.2) is 0 Å². The number of likely N-dealkylation sites (N-methyl/N-ethyl adjacent to an activating group) is 1. The van der Waals surface area contributed by atoms with Crippen molar-refractivity contribution in [1.29, 1.82) is 5.26 Å². The minimum absolute atomic E-state index is 0.0830. The van der Waals surface area contributed by atoms with Gasteiger partial charge in [0, 0.05) is 25.8 Å². The summed E-state index contributed by atoms with van der Waals surface area (Å²) in [7, 11) is 3.92. The van der Waals surface area contributed by atoms with E-state index >= 15 is 0 Å². The SMILES string of the molecule is CN(C)CCN/C=C(/C#N)C(=O)NCc1ccccc1. The summed E-state index contributed by atoms with van der Waals surface area (Å²) in [6.07, 6.45) is 1.46. The third kappa shape index (κ3) is 6.03. The van der Waals surface area contributed by atoms with Gasteiger partial charge in [-0.05, 0) is 19.7 Å². The van der Waals surface area contributed by atoms with Gasteiger partial charge in [-0.15, -0.1) is 0 Å². The molecule has 0 aromatic heterocycles. The van der Waals surface area contributed by atoms with Crippen molar-refractivity contribution in [2.24, 2.45) is 0 Å². The second-order valence-electron chi connectivity index (χ2n) is 4.60. The van der Waals surface area contributed by atoms with Gasteiger partial charge in [0.05, 0.1) is 0 Å². The van der Waals surface area contributed by atoms with Crippen LogP contribution in [0.25, 0.3) is 0 Å². The Balaban J connectivity index is 2.43. The van der Waals surface area contributed by atoms with Crippen molar-refractivity contribution in [2.45, 2.75) is 6.54 Å². The second-order valence-corrected chi connectivity index (χ2v) is 4.60. The van der Waals surface area contributed by atoms with Gasteiger partial charge in [-0.3, -0.25) is 4.79 Å². The molecule has 20 heavy (non-hydrogen) atoms. The van der Waals surface area contributed by atoms with Gasteiger partial charge in [-0.25, -0.2) is 0 Å². The number of nitrogens with zero attached hydrogens (tertiary/aromatic N) is 2. The van der Waals surface area contributed by atoms with Crippen molar-refractivity contribution in [1.82, 2.24) is 15.5 Å². The van der Waals surface area contributed by atoms with E-state index in [0.29, 0.717) is 13.1 Å². The van der Waals surface area contributed by atoms with Crippen LogP contribution in [0.5, 0.6) is 0 Å². The van der Waals surface area contributed by atoms with Gasteiger partial charge in [0.2, 0.25) is 0 Å². The first kappa shape index (κ1) is 15.7. The molecule has 106 valence electrons. The maximum Gasteiger partial charge on any atom is 0.263 e. The number of carbonyl (C=O) groups excluding carboxylic acids is 1. The zero-order chi connectivity index (χ0) is 14.8. The molecule has 0 bridgehead atoms. The van der Waals surface area contributed by atoms with Crippen molar-refractivity contribution in [3.63, 3.8) is 0 Å².